The minimum absolute atomic E-state index is 0.0173. The van der Waals surface area contributed by atoms with Crippen LogP contribution in [-0.2, 0) is 0 Å². The number of nitrogens with zero attached hydrogens (tertiary/aromatic N) is 5. The van der Waals surface area contributed by atoms with Gasteiger partial charge in [0.25, 0.3) is 5.91 Å². The average molecular weight is 337 g/mol. The highest BCUT2D eigenvalue weighted by atomic mass is 16.3. The lowest BCUT2D eigenvalue weighted by Crippen LogP contribution is -2.38. The van der Waals surface area contributed by atoms with Crippen molar-refractivity contribution in [3.63, 3.8) is 0 Å². The molecule has 25 heavy (non-hydrogen) atoms. The third-order valence-electron chi connectivity index (χ3n) is 4.78. The van der Waals surface area contributed by atoms with E-state index in [1.54, 1.807) is 15.8 Å². The molecule has 7 heteroatoms. The van der Waals surface area contributed by atoms with Gasteiger partial charge in [-0.05, 0) is 44.0 Å². The lowest BCUT2D eigenvalue weighted by Gasteiger charge is -2.22. The van der Waals surface area contributed by atoms with Gasteiger partial charge in [0.1, 0.15) is 0 Å². The van der Waals surface area contributed by atoms with Crippen LogP contribution in [0.25, 0.3) is 16.6 Å². The number of aliphatic hydroxyl groups excluding tert-OH is 1. The fraction of sp³-hybridized carbons (Fsp3) is 0.333. The van der Waals surface area contributed by atoms with Crippen LogP contribution < -0.4 is 0 Å². The van der Waals surface area contributed by atoms with E-state index in [1.165, 1.54) is 0 Å². The molecule has 1 amide bonds. The molecule has 1 aromatic carbocycles. The van der Waals surface area contributed by atoms with E-state index in [4.69, 9.17) is 0 Å². The van der Waals surface area contributed by atoms with Gasteiger partial charge in [0.2, 0.25) is 0 Å². The van der Waals surface area contributed by atoms with E-state index in [2.05, 4.69) is 15.3 Å². The molecule has 3 aromatic rings. The second-order valence-corrected chi connectivity index (χ2v) is 6.29. The van der Waals surface area contributed by atoms with Crippen LogP contribution in [0.3, 0.4) is 0 Å². The topological polar surface area (TPSA) is 84.1 Å². The Labute approximate surface area is 144 Å². The molecule has 0 saturated carbocycles. The number of aromatic nitrogens is 4. The molecule has 1 atom stereocenters. The van der Waals surface area contributed by atoms with Crippen LogP contribution >= 0.6 is 0 Å². The monoisotopic (exact) mass is 337 g/mol. The third-order valence-corrected chi connectivity index (χ3v) is 4.78. The molecule has 0 unspecified atom stereocenters. The van der Waals surface area contributed by atoms with E-state index < -0.39 is 0 Å². The maximum absolute atomic E-state index is 12.8. The normalized spacial score (nSPS) is 17.4. The fourth-order valence-electron chi connectivity index (χ4n) is 3.40. The van der Waals surface area contributed by atoms with Gasteiger partial charge in [-0.1, -0.05) is 11.3 Å². The highest BCUT2D eigenvalue weighted by Gasteiger charge is 2.31. The molecule has 1 aliphatic heterocycles. The Hall–Kier alpha value is -2.80. The zero-order chi connectivity index (χ0) is 17.4. The molecular weight excluding hydrogens is 318 g/mol. The average Bonchev–Trinajstić information content (AvgIpc) is 3.27. The van der Waals surface area contributed by atoms with Crippen molar-refractivity contribution in [3.05, 3.63) is 47.9 Å². The number of pyridine rings is 1. The van der Waals surface area contributed by atoms with E-state index in [0.29, 0.717) is 17.9 Å². The molecule has 3 heterocycles. The summed E-state index contributed by atoms with van der Waals surface area (Å²) in [7, 11) is 0. The van der Waals surface area contributed by atoms with Gasteiger partial charge in [-0.2, -0.15) is 0 Å². The lowest BCUT2D eigenvalue weighted by atomic mass is 10.2. The summed E-state index contributed by atoms with van der Waals surface area (Å²) in [4.78, 5) is 18.8. The first-order chi connectivity index (χ1) is 12.2. The minimum Gasteiger partial charge on any atom is -0.394 e. The molecule has 0 aliphatic carbocycles. The Morgan fingerprint density at radius 3 is 3.08 bits per heavy atom. The molecule has 1 N–H and O–H groups in total. The second kappa shape index (κ2) is 6.25. The first-order valence-electron chi connectivity index (χ1n) is 8.38. The quantitative estimate of drug-likeness (QED) is 0.787. The molecule has 7 nitrogen and oxygen atoms in total. The number of carbonyl (C=O) groups is 1. The maximum Gasteiger partial charge on any atom is 0.276 e. The molecule has 1 fully saturated rings. The standard InChI is InChI=1S/C18H19N5O2/c1-12-17(18(25)22-9-3-5-15(22)11-24)20-21-23(12)14-6-7-16-13(10-14)4-2-8-19-16/h2,4,6-8,10,15,24H,3,5,9,11H2,1H3/t15-/m1/s1. The van der Waals surface area contributed by atoms with Crippen LogP contribution in [0.1, 0.15) is 29.0 Å². The van der Waals surface area contributed by atoms with E-state index >= 15 is 0 Å². The summed E-state index contributed by atoms with van der Waals surface area (Å²) in [6.07, 6.45) is 3.49. The molecule has 1 aliphatic rings. The summed E-state index contributed by atoms with van der Waals surface area (Å²) < 4.78 is 1.67. The van der Waals surface area contributed by atoms with Gasteiger partial charge in [-0.3, -0.25) is 9.78 Å². The van der Waals surface area contributed by atoms with Gasteiger partial charge < -0.3 is 10.0 Å². The summed E-state index contributed by atoms with van der Waals surface area (Å²) >= 11 is 0. The molecular formula is C18H19N5O2. The maximum atomic E-state index is 12.8. The number of hydrogen-bond acceptors (Lipinski definition) is 5. The Kier molecular flexibility index (Phi) is 3.93. The van der Waals surface area contributed by atoms with E-state index in [1.807, 2.05) is 37.3 Å². The van der Waals surface area contributed by atoms with E-state index in [9.17, 15) is 9.90 Å². The molecule has 4 rings (SSSR count). The van der Waals surface area contributed by atoms with Gasteiger partial charge in [-0.15, -0.1) is 5.10 Å². The predicted octanol–water partition coefficient (Wildman–Crippen LogP) is 1.72. The molecule has 0 spiro atoms. The highest BCUT2D eigenvalue weighted by molar-refractivity contribution is 5.93. The SMILES string of the molecule is Cc1c(C(=O)N2CCC[C@@H]2CO)nnn1-c1ccc2ncccc2c1. The number of carbonyl (C=O) groups excluding carboxylic acids is 1. The number of likely N-dealkylation sites (tertiary alicyclic amines) is 1. The second-order valence-electron chi connectivity index (χ2n) is 6.29. The first kappa shape index (κ1) is 15.7. The van der Waals surface area contributed by atoms with Gasteiger partial charge in [0.15, 0.2) is 5.69 Å². The third kappa shape index (κ3) is 2.66. The zero-order valence-electron chi connectivity index (χ0n) is 14.0. The smallest absolute Gasteiger partial charge is 0.276 e. The highest BCUT2D eigenvalue weighted by Crippen LogP contribution is 2.22. The lowest BCUT2D eigenvalue weighted by molar-refractivity contribution is 0.0671. The summed E-state index contributed by atoms with van der Waals surface area (Å²) in [5, 5.41) is 18.7. The van der Waals surface area contributed by atoms with Crippen LogP contribution in [-0.4, -0.2) is 55.1 Å². The van der Waals surface area contributed by atoms with Crippen molar-refractivity contribution in [3.8, 4) is 5.69 Å². The number of amides is 1. The summed E-state index contributed by atoms with van der Waals surface area (Å²) in [5.41, 5.74) is 2.77. The van der Waals surface area contributed by atoms with Crippen LogP contribution in [0.4, 0.5) is 0 Å². The van der Waals surface area contributed by atoms with Crippen molar-refractivity contribution in [2.24, 2.45) is 0 Å². The number of aliphatic hydroxyl groups is 1. The van der Waals surface area contributed by atoms with Crippen LogP contribution in [0.2, 0.25) is 0 Å². The van der Waals surface area contributed by atoms with Gasteiger partial charge in [0, 0.05) is 18.1 Å². The Bertz CT molecular complexity index is 936. The number of hydrogen-bond donors (Lipinski definition) is 1. The van der Waals surface area contributed by atoms with Crippen molar-refractivity contribution < 1.29 is 9.90 Å². The Balaban J connectivity index is 1.69. The largest absolute Gasteiger partial charge is 0.394 e. The molecule has 1 saturated heterocycles. The van der Waals surface area contributed by atoms with Crippen LogP contribution in [0.5, 0.6) is 0 Å². The van der Waals surface area contributed by atoms with Crippen molar-refractivity contribution >= 4 is 16.8 Å². The van der Waals surface area contributed by atoms with E-state index in [0.717, 1.165) is 29.4 Å². The number of rotatable bonds is 3. The molecule has 0 radical (unpaired) electrons. The van der Waals surface area contributed by atoms with E-state index in [-0.39, 0.29) is 18.6 Å². The van der Waals surface area contributed by atoms with Crippen molar-refractivity contribution in [2.75, 3.05) is 13.2 Å². The number of benzene rings is 1. The van der Waals surface area contributed by atoms with Crippen molar-refractivity contribution in [1.29, 1.82) is 0 Å². The molecule has 0 bridgehead atoms. The first-order valence-corrected chi connectivity index (χ1v) is 8.38. The number of fused-ring (bicyclic) bond motifs is 1. The summed E-state index contributed by atoms with van der Waals surface area (Å²) in [6, 6.07) is 9.57. The Morgan fingerprint density at radius 1 is 1.36 bits per heavy atom. The van der Waals surface area contributed by atoms with Crippen LogP contribution in [0, 0.1) is 6.92 Å². The van der Waals surface area contributed by atoms with Gasteiger partial charge >= 0.3 is 0 Å². The zero-order valence-corrected chi connectivity index (χ0v) is 14.0. The summed E-state index contributed by atoms with van der Waals surface area (Å²) in [5.74, 6) is -0.164. The fourth-order valence-corrected chi connectivity index (χ4v) is 3.40. The van der Waals surface area contributed by atoms with Crippen molar-refractivity contribution in [1.82, 2.24) is 24.9 Å². The van der Waals surface area contributed by atoms with Crippen molar-refractivity contribution in [2.45, 2.75) is 25.8 Å². The minimum atomic E-state index is -0.164. The van der Waals surface area contributed by atoms with Crippen LogP contribution in [0.15, 0.2) is 36.5 Å². The Morgan fingerprint density at radius 2 is 2.24 bits per heavy atom. The van der Waals surface area contributed by atoms with Gasteiger partial charge in [-0.25, -0.2) is 4.68 Å². The van der Waals surface area contributed by atoms with Gasteiger partial charge in [0.05, 0.1) is 29.5 Å². The molecule has 2 aromatic heterocycles. The predicted molar refractivity (Wildman–Crippen MR) is 92.5 cm³/mol. The molecule has 128 valence electrons. The summed E-state index contributed by atoms with van der Waals surface area (Å²) in [6.45, 7) is 2.47.